The fraction of sp³-hybridized carbons (Fsp3) is 0.308. The fourth-order valence-electron chi connectivity index (χ4n) is 2.16. The third-order valence-electron chi connectivity index (χ3n) is 3.13. The summed E-state index contributed by atoms with van der Waals surface area (Å²) >= 11 is 1.50. The zero-order valence-electron chi connectivity index (χ0n) is 10.00. The van der Waals surface area contributed by atoms with Crippen molar-refractivity contribution < 1.29 is 19.2 Å². The second-order valence-electron chi connectivity index (χ2n) is 4.36. The Morgan fingerprint density at radius 3 is 2.37 bits per heavy atom. The molecule has 0 N–H and O–H groups in total. The molecule has 0 bridgehead atoms. The summed E-state index contributed by atoms with van der Waals surface area (Å²) in [6, 6.07) is 6.44. The molecule has 1 fully saturated rings. The lowest BCUT2D eigenvalue weighted by Gasteiger charge is -2.15. The number of imide groups is 1. The smallest absolute Gasteiger partial charge is 0.328 e. The van der Waals surface area contributed by atoms with Gasteiger partial charge in [-0.2, -0.15) is 0 Å². The van der Waals surface area contributed by atoms with E-state index in [1.807, 2.05) is 0 Å². The lowest BCUT2D eigenvalue weighted by molar-refractivity contribution is -0.167. The summed E-state index contributed by atoms with van der Waals surface area (Å²) < 4.78 is 0. The molecule has 19 heavy (non-hydrogen) atoms. The highest BCUT2D eigenvalue weighted by molar-refractivity contribution is 8.00. The fourth-order valence-corrected chi connectivity index (χ4v) is 3.29. The van der Waals surface area contributed by atoms with Crippen molar-refractivity contribution in [3.63, 3.8) is 0 Å². The number of amides is 2. The zero-order chi connectivity index (χ0) is 13.4. The minimum Gasteiger partial charge on any atom is -0.328 e. The molecule has 2 aliphatic rings. The number of hydroxylamine groups is 2. The van der Waals surface area contributed by atoms with Crippen molar-refractivity contribution in [2.24, 2.45) is 0 Å². The minimum absolute atomic E-state index is 0.274. The zero-order valence-corrected chi connectivity index (χ0v) is 10.8. The lowest BCUT2D eigenvalue weighted by Crippen LogP contribution is -2.35. The van der Waals surface area contributed by atoms with Gasteiger partial charge in [0.2, 0.25) is 0 Å². The molecular formula is C13H11NO4S. The largest absolute Gasteiger partial charge is 0.346 e. The van der Waals surface area contributed by atoms with Gasteiger partial charge >= 0.3 is 5.97 Å². The molecule has 0 aliphatic carbocycles. The van der Waals surface area contributed by atoms with Crippen molar-refractivity contribution >= 4 is 29.5 Å². The summed E-state index contributed by atoms with van der Waals surface area (Å²) in [4.78, 5) is 40.8. The number of hydrogen-bond donors (Lipinski definition) is 0. The number of fused-ring (bicyclic) bond motifs is 1. The Labute approximate surface area is 113 Å². The van der Waals surface area contributed by atoms with Gasteiger partial charge in [-0.25, -0.2) is 4.79 Å². The van der Waals surface area contributed by atoms with E-state index in [2.05, 4.69) is 0 Å². The predicted molar refractivity (Wildman–Crippen MR) is 68.5 cm³/mol. The third kappa shape index (κ3) is 2.02. The van der Waals surface area contributed by atoms with Gasteiger partial charge in [-0.05, 0) is 30.7 Å². The van der Waals surface area contributed by atoms with Gasteiger partial charge in [-0.1, -0.05) is 17.2 Å². The van der Waals surface area contributed by atoms with Crippen LogP contribution in [0.15, 0.2) is 24.3 Å². The van der Waals surface area contributed by atoms with E-state index in [0.29, 0.717) is 5.06 Å². The van der Waals surface area contributed by atoms with Gasteiger partial charge in [0.1, 0.15) is 5.25 Å². The van der Waals surface area contributed by atoms with E-state index in [1.165, 1.54) is 11.8 Å². The number of hydrogen-bond acceptors (Lipinski definition) is 5. The first-order valence-electron chi connectivity index (χ1n) is 5.99. The first kappa shape index (κ1) is 12.2. The molecule has 0 aromatic heterocycles. The van der Waals surface area contributed by atoms with Crippen LogP contribution in [0.1, 0.15) is 33.6 Å². The van der Waals surface area contributed by atoms with E-state index in [0.717, 1.165) is 18.6 Å². The second kappa shape index (κ2) is 4.70. The molecule has 2 amide bonds. The highest BCUT2D eigenvalue weighted by Crippen LogP contribution is 2.29. The number of thioether (sulfide) groups is 1. The molecule has 1 saturated heterocycles. The molecular weight excluding hydrogens is 266 g/mol. The van der Waals surface area contributed by atoms with Crippen molar-refractivity contribution in [3.8, 4) is 0 Å². The highest BCUT2D eigenvalue weighted by atomic mass is 32.2. The van der Waals surface area contributed by atoms with Gasteiger partial charge in [-0.3, -0.25) is 9.59 Å². The van der Waals surface area contributed by atoms with Crippen LogP contribution in [0.2, 0.25) is 0 Å². The summed E-state index contributed by atoms with van der Waals surface area (Å²) in [5.41, 5.74) is 0.554. The van der Waals surface area contributed by atoms with Crippen LogP contribution < -0.4 is 0 Å². The highest BCUT2D eigenvalue weighted by Gasteiger charge is 2.40. The summed E-state index contributed by atoms with van der Waals surface area (Å²) in [7, 11) is 0. The normalized spacial score (nSPS) is 21.7. The Morgan fingerprint density at radius 1 is 1.21 bits per heavy atom. The maximum Gasteiger partial charge on any atom is 0.346 e. The molecule has 1 aromatic carbocycles. The van der Waals surface area contributed by atoms with Crippen molar-refractivity contribution in [3.05, 3.63) is 35.4 Å². The topological polar surface area (TPSA) is 63.7 Å². The maximum absolute atomic E-state index is 12.0. The van der Waals surface area contributed by atoms with Crippen LogP contribution >= 0.6 is 11.8 Å². The van der Waals surface area contributed by atoms with Crippen molar-refractivity contribution in [2.45, 2.75) is 18.1 Å². The van der Waals surface area contributed by atoms with E-state index >= 15 is 0 Å². The van der Waals surface area contributed by atoms with Gasteiger partial charge in [-0.15, -0.1) is 11.8 Å². The first-order chi connectivity index (χ1) is 9.18. The standard InChI is InChI=1S/C13H11NO4S/c15-11-8-4-1-2-5-9(8)12(16)14(11)18-13(17)10-6-3-7-19-10/h1-2,4-5,10H,3,6-7H2. The van der Waals surface area contributed by atoms with E-state index in [-0.39, 0.29) is 16.4 Å². The Balaban J connectivity index is 1.78. The van der Waals surface area contributed by atoms with Crippen molar-refractivity contribution in [1.82, 2.24) is 5.06 Å². The van der Waals surface area contributed by atoms with Crippen LogP contribution in [-0.4, -0.2) is 33.8 Å². The Morgan fingerprint density at radius 2 is 1.84 bits per heavy atom. The third-order valence-corrected chi connectivity index (χ3v) is 4.49. The first-order valence-corrected chi connectivity index (χ1v) is 7.04. The van der Waals surface area contributed by atoms with Crippen LogP contribution in [0.4, 0.5) is 0 Å². The molecule has 1 atom stereocenters. The van der Waals surface area contributed by atoms with E-state index in [4.69, 9.17) is 4.84 Å². The summed E-state index contributed by atoms with van der Waals surface area (Å²) in [6.07, 6.45) is 1.68. The number of rotatable bonds is 2. The summed E-state index contributed by atoms with van der Waals surface area (Å²) in [5, 5.41) is 0.301. The number of benzene rings is 1. The van der Waals surface area contributed by atoms with E-state index in [9.17, 15) is 14.4 Å². The monoisotopic (exact) mass is 277 g/mol. The lowest BCUT2D eigenvalue weighted by atomic mass is 10.1. The Kier molecular flexibility index (Phi) is 3.02. The van der Waals surface area contributed by atoms with Crippen molar-refractivity contribution in [2.75, 3.05) is 5.75 Å². The van der Waals surface area contributed by atoms with Crippen LogP contribution in [0, 0.1) is 0 Å². The maximum atomic E-state index is 12.0. The van der Waals surface area contributed by atoms with Crippen LogP contribution in [0.3, 0.4) is 0 Å². The predicted octanol–water partition coefficient (Wildman–Crippen LogP) is 1.64. The molecule has 0 spiro atoms. The average Bonchev–Trinajstić information content (AvgIpc) is 3.03. The average molecular weight is 277 g/mol. The molecule has 98 valence electrons. The summed E-state index contributed by atoms with van der Waals surface area (Å²) in [6.45, 7) is 0. The molecule has 0 radical (unpaired) electrons. The molecule has 6 heteroatoms. The molecule has 1 unspecified atom stereocenters. The Hall–Kier alpha value is -1.82. The van der Waals surface area contributed by atoms with Gasteiger partial charge in [0.05, 0.1) is 11.1 Å². The molecule has 1 aromatic rings. The molecule has 2 aliphatic heterocycles. The quantitative estimate of drug-likeness (QED) is 0.769. The van der Waals surface area contributed by atoms with Crippen LogP contribution in [0.25, 0.3) is 0 Å². The Bertz CT molecular complexity index is 531. The molecule has 5 nitrogen and oxygen atoms in total. The number of nitrogens with zero attached hydrogens (tertiary/aromatic N) is 1. The van der Waals surface area contributed by atoms with Crippen molar-refractivity contribution in [1.29, 1.82) is 0 Å². The number of carbonyl (C=O) groups is 3. The van der Waals surface area contributed by atoms with Gasteiger partial charge in [0, 0.05) is 0 Å². The van der Waals surface area contributed by atoms with Gasteiger partial charge < -0.3 is 4.84 Å². The van der Waals surface area contributed by atoms with E-state index < -0.39 is 17.8 Å². The summed E-state index contributed by atoms with van der Waals surface area (Å²) in [5.74, 6) is -0.757. The molecule has 3 rings (SSSR count). The second-order valence-corrected chi connectivity index (χ2v) is 5.67. The molecule has 2 heterocycles. The SMILES string of the molecule is O=C(ON1C(=O)c2ccccc2C1=O)C1CCCS1. The van der Waals surface area contributed by atoms with Crippen LogP contribution in [-0.2, 0) is 9.63 Å². The van der Waals surface area contributed by atoms with Crippen LogP contribution in [0.5, 0.6) is 0 Å². The number of carbonyl (C=O) groups excluding carboxylic acids is 3. The van der Waals surface area contributed by atoms with Gasteiger partial charge in [0.25, 0.3) is 11.8 Å². The molecule has 0 saturated carbocycles. The van der Waals surface area contributed by atoms with E-state index in [1.54, 1.807) is 24.3 Å². The van der Waals surface area contributed by atoms with Gasteiger partial charge in [0.15, 0.2) is 0 Å². The minimum atomic E-state index is -0.572.